The zero-order valence-corrected chi connectivity index (χ0v) is 8.30. The van der Waals surface area contributed by atoms with Crippen molar-refractivity contribution in [3.8, 4) is 6.07 Å². The first-order chi connectivity index (χ1) is 6.11. The summed E-state index contributed by atoms with van der Waals surface area (Å²) in [5.41, 5.74) is -0.875. The quantitative estimate of drug-likeness (QED) is 0.297. The van der Waals surface area contributed by atoms with E-state index in [-0.39, 0.29) is 5.57 Å². The second-order valence-electron chi connectivity index (χ2n) is 2.55. The molecule has 1 atom stereocenters. The van der Waals surface area contributed by atoms with Gasteiger partial charge in [-0.15, -0.1) is 0 Å². The summed E-state index contributed by atoms with van der Waals surface area (Å²) in [5.74, 6) is -0.737. The summed E-state index contributed by atoms with van der Waals surface area (Å²) in [7, 11) is 0. The van der Waals surface area contributed by atoms with Crippen LogP contribution in [-0.2, 0) is 9.53 Å². The van der Waals surface area contributed by atoms with Crippen molar-refractivity contribution in [2.75, 3.05) is 0 Å². The van der Waals surface area contributed by atoms with E-state index in [1.807, 2.05) is 6.92 Å². The van der Waals surface area contributed by atoms with Gasteiger partial charge >= 0.3 is 5.97 Å². The van der Waals surface area contributed by atoms with Crippen molar-refractivity contribution in [3.05, 3.63) is 12.2 Å². The van der Waals surface area contributed by atoms with E-state index >= 15 is 0 Å². The second kappa shape index (κ2) is 6.50. The highest BCUT2D eigenvalue weighted by molar-refractivity contribution is 6.20. The van der Waals surface area contributed by atoms with Crippen LogP contribution in [0, 0.1) is 11.3 Å². The average molecular weight is 202 g/mol. The molecule has 3 nitrogen and oxygen atoms in total. The lowest BCUT2D eigenvalue weighted by atomic mass is 10.2. The Morgan fingerprint density at radius 1 is 1.77 bits per heavy atom. The topological polar surface area (TPSA) is 50.1 Å². The van der Waals surface area contributed by atoms with Crippen molar-refractivity contribution in [3.63, 3.8) is 0 Å². The maximum absolute atomic E-state index is 10.9. The summed E-state index contributed by atoms with van der Waals surface area (Å²) in [6.45, 7) is 5.23. The van der Waals surface area contributed by atoms with Gasteiger partial charge in [-0.25, -0.2) is 4.79 Å². The van der Waals surface area contributed by atoms with Gasteiger partial charge in [0.15, 0.2) is 5.56 Å². The molecule has 4 heteroatoms. The third kappa shape index (κ3) is 5.26. The highest BCUT2D eigenvalue weighted by Gasteiger charge is 2.13. The van der Waals surface area contributed by atoms with Gasteiger partial charge in [-0.05, 0) is 12.8 Å². The second-order valence-corrected chi connectivity index (χ2v) is 3.03. The maximum Gasteiger partial charge on any atom is 0.349 e. The summed E-state index contributed by atoms with van der Waals surface area (Å²) < 4.78 is 4.71. The lowest BCUT2D eigenvalue weighted by Gasteiger charge is -2.09. The Morgan fingerprint density at radius 3 is 2.85 bits per heavy atom. The van der Waals surface area contributed by atoms with Gasteiger partial charge in [0.1, 0.15) is 11.6 Å². The number of nitrogens with zero attached hydrogens (tertiary/aromatic N) is 1. The molecule has 0 fully saturated rings. The molecule has 0 bridgehead atoms. The number of carbonyl (C=O) groups is 1. The van der Waals surface area contributed by atoms with Crippen molar-refractivity contribution in [2.24, 2.45) is 0 Å². The van der Waals surface area contributed by atoms with Crippen LogP contribution in [0.2, 0.25) is 0 Å². The molecule has 0 rings (SSSR count). The van der Waals surface area contributed by atoms with E-state index in [9.17, 15) is 4.79 Å². The van der Waals surface area contributed by atoms with E-state index in [4.69, 9.17) is 21.6 Å². The predicted octanol–water partition coefficient (Wildman–Crippen LogP) is 2.36. The highest BCUT2D eigenvalue weighted by atomic mass is 35.5. The van der Waals surface area contributed by atoms with Crippen molar-refractivity contribution in [1.29, 1.82) is 5.26 Å². The van der Waals surface area contributed by atoms with E-state index in [0.717, 1.165) is 12.8 Å². The Labute approximate surface area is 82.9 Å². The smallest absolute Gasteiger partial charge is 0.349 e. The van der Waals surface area contributed by atoms with E-state index in [1.54, 1.807) is 6.07 Å². The van der Waals surface area contributed by atoms with E-state index in [2.05, 4.69) is 6.58 Å². The molecule has 1 unspecified atom stereocenters. The maximum atomic E-state index is 10.9. The third-order valence-corrected chi connectivity index (χ3v) is 1.71. The molecule has 0 aliphatic rings. The van der Waals surface area contributed by atoms with Gasteiger partial charge in [0.2, 0.25) is 0 Å². The van der Waals surface area contributed by atoms with Gasteiger partial charge in [0, 0.05) is 0 Å². The minimum atomic E-state index is -0.737. The summed E-state index contributed by atoms with van der Waals surface area (Å²) in [5, 5.41) is 8.30. The zero-order valence-electron chi connectivity index (χ0n) is 7.55. The largest absolute Gasteiger partial charge is 0.442 e. The lowest BCUT2D eigenvalue weighted by molar-refractivity contribution is -0.140. The van der Waals surface area contributed by atoms with Gasteiger partial charge < -0.3 is 4.74 Å². The zero-order chi connectivity index (χ0) is 10.3. The monoisotopic (exact) mass is 201 g/mol. The molecule has 0 amide bonds. The summed E-state index contributed by atoms with van der Waals surface area (Å²) in [6, 6.07) is 1.60. The lowest BCUT2D eigenvalue weighted by Crippen LogP contribution is -2.13. The number of esters is 1. The summed E-state index contributed by atoms with van der Waals surface area (Å²) >= 11 is 5.66. The number of hydrogen-bond acceptors (Lipinski definition) is 3. The summed E-state index contributed by atoms with van der Waals surface area (Å²) in [4.78, 5) is 10.9. The normalized spacial score (nSPS) is 11.5. The molecule has 13 heavy (non-hydrogen) atoms. The first kappa shape index (κ1) is 12.0. The minimum Gasteiger partial charge on any atom is -0.442 e. The SMILES string of the molecule is C=C(C#N)C(=O)OC(Cl)CCCC. The number of unbranched alkanes of at least 4 members (excludes halogenated alkanes) is 1. The average Bonchev–Trinajstić information content (AvgIpc) is 2.13. The Balaban J connectivity index is 3.79. The van der Waals surface area contributed by atoms with Crippen LogP contribution in [0.3, 0.4) is 0 Å². The number of hydrogen-bond donors (Lipinski definition) is 0. The summed E-state index contributed by atoms with van der Waals surface area (Å²) in [6.07, 6.45) is 2.48. The third-order valence-electron chi connectivity index (χ3n) is 1.40. The minimum absolute atomic E-state index is 0.220. The molecule has 0 aromatic heterocycles. The molecule has 0 saturated heterocycles. The number of alkyl halides is 1. The molecule has 0 aromatic carbocycles. The number of carbonyl (C=O) groups excluding carboxylic acids is 1. The van der Waals surface area contributed by atoms with Gasteiger partial charge in [-0.1, -0.05) is 31.5 Å². The first-order valence-electron chi connectivity index (χ1n) is 4.05. The Bertz CT molecular complexity index is 232. The number of rotatable bonds is 5. The van der Waals surface area contributed by atoms with Crippen LogP contribution in [0.25, 0.3) is 0 Å². The van der Waals surface area contributed by atoms with Crippen LogP contribution in [0.4, 0.5) is 0 Å². The van der Waals surface area contributed by atoms with Gasteiger partial charge in [0.05, 0.1) is 0 Å². The molecular formula is C9H12ClNO2. The van der Waals surface area contributed by atoms with Crippen LogP contribution in [0.5, 0.6) is 0 Å². The van der Waals surface area contributed by atoms with Crippen molar-refractivity contribution >= 4 is 17.6 Å². The van der Waals surface area contributed by atoms with E-state index in [0.29, 0.717) is 6.42 Å². The molecule has 0 heterocycles. The van der Waals surface area contributed by atoms with Crippen LogP contribution < -0.4 is 0 Å². The fourth-order valence-corrected chi connectivity index (χ4v) is 0.892. The number of nitriles is 1. The van der Waals surface area contributed by atoms with Crippen molar-refractivity contribution in [2.45, 2.75) is 31.7 Å². The standard InChI is InChI=1S/C9H12ClNO2/c1-3-4-5-8(10)13-9(12)7(2)6-11/h8H,2-5H2,1H3. The van der Waals surface area contributed by atoms with Crippen LogP contribution >= 0.6 is 11.6 Å². The molecule has 0 spiro atoms. The fraction of sp³-hybridized carbons (Fsp3) is 0.556. The first-order valence-corrected chi connectivity index (χ1v) is 4.49. The van der Waals surface area contributed by atoms with E-state index < -0.39 is 11.5 Å². The van der Waals surface area contributed by atoms with Gasteiger partial charge in [-0.2, -0.15) is 5.26 Å². The predicted molar refractivity (Wildman–Crippen MR) is 50.0 cm³/mol. The molecular weight excluding hydrogens is 190 g/mol. The van der Waals surface area contributed by atoms with Gasteiger partial charge in [-0.3, -0.25) is 0 Å². The molecule has 0 aliphatic heterocycles. The number of ether oxygens (including phenoxy) is 1. The molecule has 0 aliphatic carbocycles. The highest BCUT2D eigenvalue weighted by Crippen LogP contribution is 2.10. The van der Waals surface area contributed by atoms with Crippen LogP contribution in [-0.4, -0.2) is 11.5 Å². The van der Waals surface area contributed by atoms with Crippen molar-refractivity contribution in [1.82, 2.24) is 0 Å². The molecule has 0 N–H and O–H groups in total. The van der Waals surface area contributed by atoms with Crippen LogP contribution in [0.1, 0.15) is 26.2 Å². The van der Waals surface area contributed by atoms with Crippen LogP contribution in [0.15, 0.2) is 12.2 Å². The van der Waals surface area contributed by atoms with Gasteiger partial charge in [0.25, 0.3) is 0 Å². The Morgan fingerprint density at radius 2 is 2.38 bits per heavy atom. The fourth-order valence-electron chi connectivity index (χ4n) is 0.656. The number of halogens is 1. The van der Waals surface area contributed by atoms with Crippen molar-refractivity contribution < 1.29 is 9.53 Å². The molecule has 0 aromatic rings. The molecule has 0 saturated carbocycles. The Kier molecular flexibility index (Phi) is 5.99. The molecule has 72 valence electrons. The molecule has 0 radical (unpaired) electrons. The van der Waals surface area contributed by atoms with E-state index in [1.165, 1.54) is 0 Å². The Hall–Kier alpha value is -1.01.